The van der Waals surface area contributed by atoms with Crippen molar-refractivity contribution in [2.75, 3.05) is 5.32 Å². The van der Waals surface area contributed by atoms with Crippen LogP contribution in [0.15, 0.2) is 24.4 Å². The Kier molecular flexibility index (Phi) is 3.85. The molecule has 0 spiro atoms. The van der Waals surface area contributed by atoms with Crippen LogP contribution in [0.1, 0.15) is 44.9 Å². The van der Waals surface area contributed by atoms with E-state index in [4.69, 9.17) is 0 Å². The Morgan fingerprint density at radius 3 is 2.58 bits per heavy atom. The molecule has 1 amide bonds. The van der Waals surface area contributed by atoms with Gasteiger partial charge in [0.05, 0.1) is 0 Å². The minimum atomic E-state index is 0.203. The molecule has 4 saturated carbocycles. The van der Waals surface area contributed by atoms with Crippen LogP contribution in [0.3, 0.4) is 0 Å². The number of nitrogens with zero attached hydrogens (tertiary/aromatic N) is 2. The average molecular weight is 535 g/mol. The second-order valence-corrected chi connectivity index (χ2v) is 12.9. The van der Waals surface area contributed by atoms with Gasteiger partial charge in [0.15, 0.2) is 0 Å². The molecule has 4 bridgehead atoms. The Bertz CT molecular complexity index is 777. The number of carbonyl (C=O) groups is 1. The van der Waals surface area contributed by atoms with Gasteiger partial charge in [0.2, 0.25) is 0 Å². The second-order valence-electron chi connectivity index (χ2n) is 8.68. The van der Waals surface area contributed by atoms with Gasteiger partial charge in [-0.25, -0.2) is 0 Å². The topological polar surface area (TPSA) is 46.4 Å². The van der Waals surface area contributed by atoms with Crippen LogP contribution in [0.4, 0.5) is 5.69 Å². The summed E-state index contributed by atoms with van der Waals surface area (Å²) in [4.78, 5) is 12.8. The van der Waals surface area contributed by atoms with Gasteiger partial charge in [0.25, 0.3) is 0 Å². The Labute approximate surface area is 171 Å². The van der Waals surface area contributed by atoms with E-state index in [1.54, 1.807) is 0 Å². The van der Waals surface area contributed by atoms with Crippen LogP contribution >= 0.6 is 0 Å². The van der Waals surface area contributed by atoms with Crippen molar-refractivity contribution < 1.29 is 47.6 Å². The number of pyridine rings is 1. The summed E-state index contributed by atoms with van der Waals surface area (Å²) in [6, 6.07) is 6.11. The van der Waals surface area contributed by atoms with Crippen LogP contribution < -0.4 is 6.05 Å². The summed E-state index contributed by atoms with van der Waals surface area (Å²) in [5.74, 6) is 2.91. The van der Waals surface area contributed by atoms with Crippen molar-refractivity contribution in [2.24, 2.45) is 23.2 Å². The maximum atomic E-state index is 12.8. The summed E-state index contributed by atoms with van der Waals surface area (Å²) in [5, 5.41) is 7.73. The molecule has 0 atom stereocenters. The first kappa shape index (κ1) is 15.8. The van der Waals surface area contributed by atoms with E-state index in [1.165, 1.54) is 39.3 Å². The van der Waals surface area contributed by atoms with Crippen molar-refractivity contribution in [3.05, 3.63) is 24.4 Å². The first-order valence-electron chi connectivity index (χ1n) is 9.33. The number of fused-ring (bicyclic) bond motifs is 1. The molecule has 6 rings (SSSR count). The van der Waals surface area contributed by atoms with Gasteiger partial charge in [0, 0.05) is 0 Å². The van der Waals surface area contributed by atoms with Crippen LogP contribution in [-0.2, 0) is 4.79 Å². The third kappa shape index (κ3) is 2.77. The van der Waals surface area contributed by atoms with E-state index in [2.05, 4.69) is 16.5 Å². The summed E-state index contributed by atoms with van der Waals surface area (Å²) >= 11 is 0.235. The average Bonchev–Trinajstić information content (AvgIpc) is 2.86. The number of hydrogen-bond acceptors (Lipinski definition) is 2. The summed E-state index contributed by atoms with van der Waals surface area (Å²) in [6.07, 6.45) is 10.8. The first-order valence-corrected chi connectivity index (χ1v) is 13.4. The zero-order chi connectivity index (χ0) is 16.3. The van der Waals surface area contributed by atoms with E-state index in [0.29, 0.717) is 11.8 Å². The van der Waals surface area contributed by atoms with Gasteiger partial charge in [-0.3, -0.25) is 0 Å². The van der Waals surface area contributed by atoms with Crippen LogP contribution in [0, 0.1) is 66.0 Å². The standard InChI is InChI=1S/C19H22N3O.Ra.H/c23-18(21-16-2-1-5-22-17(16)3-4-20-22)12-19-9-13-6-14(10-19)8-15(7-13)11-19;;/h1-3,5,13-15H,6-12H2,(H,21,23);;. The van der Waals surface area contributed by atoms with Crippen LogP contribution in [-0.4, -0.2) is 15.5 Å². The molecule has 2 aromatic heterocycles. The maximum absolute atomic E-state index is 12.8. The van der Waals surface area contributed by atoms with Crippen molar-refractivity contribution >= 4 is 17.8 Å². The second kappa shape index (κ2) is 5.82. The van der Waals surface area contributed by atoms with Crippen LogP contribution in [0.5, 0.6) is 0 Å². The summed E-state index contributed by atoms with van der Waals surface area (Å²) in [7, 11) is 0. The summed E-state index contributed by atoms with van der Waals surface area (Å²) in [6.45, 7) is 0. The third-order valence-corrected chi connectivity index (χ3v) is 8.61. The Balaban J connectivity index is 1.36. The van der Waals surface area contributed by atoms with Gasteiger partial charge in [-0.1, -0.05) is 0 Å². The van der Waals surface area contributed by atoms with E-state index >= 15 is 0 Å². The fourth-order valence-corrected chi connectivity index (χ4v) is 8.29. The van der Waals surface area contributed by atoms with Gasteiger partial charge in [0.1, 0.15) is 0 Å². The van der Waals surface area contributed by atoms with Crippen molar-refractivity contribution in [1.82, 2.24) is 9.61 Å². The van der Waals surface area contributed by atoms with E-state index < -0.39 is 0 Å². The Morgan fingerprint density at radius 1 is 1.25 bits per heavy atom. The molecule has 4 aliphatic carbocycles. The summed E-state index contributed by atoms with van der Waals surface area (Å²) in [5.41, 5.74) is 2.26. The monoisotopic (exact) mass is 535 g/mol. The molecule has 0 unspecified atom stereocenters. The van der Waals surface area contributed by atoms with E-state index in [9.17, 15) is 4.79 Å². The van der Waals surface area contributed by atoms with Gasteiger partial charge < -0.3 is 0 Å². The predicted molar refractivity (Wildman–Crippen MR) is 90.1 cm³/mol. The van der Waals surface area contributed by atoms with Gasteiger partial charge in [-0.2, -0.15) is 0 Å². The van der Waals surface area contributed by atoms with Crippen molar-refractivity contribution in [1.29, 1.82) is 0 Å². The number of rotatable bonds is 3. The van der Waals surface area contributed by atoms with E-state index in [1.807, 2.05) is 22.8 Å². The molecule has 122 valence electrons. The van der Waals surface area contributed by atoms with Crippen LogP contribution in [0.25, 0.3) is 5.52 Å². The number of hydrogen-bond donors (Lipinski definition) is 1. The number of anilines is 1. The quantitative estimate of drug-likeness (QED) is 0.658. The Hall–Kier alpha value is -0.372. The minimum absolute atomic E-state index is 0.203. The van der Waals surface area contributed by atoms with Crippen molar-refractivity contribution in [3.63, 3.8) is 0 Å². The van der Waals surface area contributed by atoms with Gasteiger partial charge in [-0.05, 0) is 0 Å². The normalized spacial score (nSPS) is 33.9. The molecule has 2 heterocycles. The molecule has 0 saturated heterocycles. The number of carbonyl (C=O) groups excluding carboxylic acids is 1. The molecule has 4 fully saturated rings. The molecule has 5 heteroatoms. The molecule has 2 aromatic rings. The molecular formula is C19H23N3ORa. The van der Waals surface area contributed by atoms with E-state index in [0.717, 1.165) is 29.0 Å². The zero-order valence-electron chi connectivity index (χ0n) is 14.3. The number of nitrogens with one attached hydrogen (secondary N) is 1. The molecule has 0 radical (unpaired) electrons. The zero-order valence-corrected chi connectivity index (χ0v) is 22.5. The van der Waals surface area contributed by atoms with Crippen LogP contribution in [0.2, 0.25) is 0 Å². The third-order valence-electron chi connectivity index (χ3n) is 6.60. The fraction of sp³-hybridized carbons (Fsp3) is 0.579. The van der Waals surface area contributed by atoms with Crippen molar-refractivity contribution in [2.45, 2.75) is 44.9 Å². The number of amides is 1. The van der Waals surface area contributed by atoms with Gasteiger partial charge >= 0.3 is 173 Å². The molecular weight excluding hydrogens is 512 g/mol. The first-order chi connectivity index (χ1) is 11.6. The summed E-state index contributed by atoms with van der Waals surface area (Å²) < 4.78 is 3.10. The Morgan fingerprint density at radius 2 is 1.92 bits per heavy atom. The molecule has 0 aromatic carbocycles. The van der Waals surface area contributed by atoms with Gasteiger partial charge in [-0.15, -0.1) is 0 Å². The molecule has 4 nitrogen and oxygen atoms in total. The molecule has 1 N–H and O–H groups in total. The molecule has 24 heavy (non-hydrogen) atoms. The van der Waals surface area contributed by atoms with E-state index in [-0.39, 0.29) is 48.7 Å². The molecule has 4 aliphatic rings. The number of aromatic nitrogens is 2. The fourth-order valence-electron chi connectivity index (χ4n) is 6.28. The molecule has 0 aliphatic heterocycles. The predicted octanol–water partition coefficient (Wildman–Crippen LogP) is 2.79. The SMILES string of the molecule is O=C(CC12CC3CC(CC(C3)C1)C2)Nc1cccn2n[c]([RaH])cc12. The van der Waals surface area contributed by atoms with Crippen molar-refractivity contribution in [3.8, 4) is 0 Å².